The quantitative estimate of drug-likeness (QED) is 0.807. The maximum Gasteiger partial charge on any atom is 0.0640 e. The molecule has 0 radical (unpaired) electrons. The molecular formula is C15H22ClN. The lowest BCUT2D eigenvalue weighted by Gasteiger charge is -2.26. The molecule has 0 amide bonds. The van der Waals surface area contributed by atoms with Gasteiger partial charge in [0.05, 0.1) is 10.7 Å². The van der Waals surface area contributed by atoms with Crippen LogP contribution in [-0.2, 0) is 0 Å². The number of halogens is 1. The zero-order chi connectivity index (χ0) is 12.3. The van der Waals surface area contributed by atoms with Crippen molar-refractivity contribution in [2.24, 2.45) is 11.8 Å². The predicted octanol–water partition coefficient (Wildman–Crippen LogP) is 4.89. The first-order valence-electron chi connectivity index (χ1n) is 6.65. The zero-order valence-electron chi connectivity index (χ0n) is 10.8. The molecule has 0 atom stereocenters. The van der Waals surface area contributed by atoms with Gasteiger partial charge in [0.1, 0.15) is 0 Å². The van der Waals surface area contributed by atoms with Crippen LogP contribution in [0.25, 0.3) is 0 Å². The van der Waals surface area contributed by atoms with Gasteiger partial charge >= 0.3 is 0 Å². The second kappa shape index (κ2) is 5.77. The molecule has 0 bridgehead atoms. The standard InChI is InChI=1S/C15H22ClN/c1-11-3-6-13(7-4-11)10-17-15-8-5-12(2)9-14(15)16/h5,8-9,11,13,17H,3-4,6-7,10H2,1-2H3. The average Bonchev–Trinajstić information content (AvgIpc) is 2.30. The van der Waals surface area contributed by atoms with Crippen LogP contribution in [0.15, 0.2) is 18.2 Å². The van der Waals surface area contributed by atoms with E-state index < -0.39 is 0 Å². The predicted molar refractivity (Wildman–Crippen MR) is 75.8 cm³/mol. The van der Waals surface area contributed by atoms with E-state index in [9.17, 15) is 0 Å². The van der Waals surface area contributed by atoms with Crippen molar-refractivity contribution in [3.63, 3.8) is 0 Å². The van der Waals surface area contributed by atoms with E-state index in [2.05, 4.69) is 31.3 Å². The summed E-state index contributed by atoms with van der Waals surface area (Å²) in [4.78, 5) is 0. The van der Waals surface area contributed by atoms with Crippen LogP contribution >= 0.6 is 11.6 Å². The molecule has 1 aliphatic carbocycles. The third kappa shape index (κ3) is 3.64. The van der Waals surface area contributed by atoms with E-state index in [1.807, 2.05) is 6.07 Å². The SMILES string of the molecule is Cc1ccc(NCC2CCC(C)CC2)c(Cl)c1. The number of aryl methyl sites for hydroxylation is 1. The topological polar surface area (TPSA) is 12.0 Å². The van der Waals surface area contributed by atoms with E-state index in [0.717, 1.165) is 29.1 Å². The van der Waals surface area contributed by atoms with E-state index >= 15 is 0 Å². The van der Waals surface area contributed by atoms with Crippen molar-refractivity contribution in [2.75, 3.05) is 11.9 Å². The van der Waals surface area contributed by atoms with Gasteiger partial charge in [-0.1, -0.05) is 37.4 Å². The van der Waals surface area contributed by atoms with Crippen molar-refractivity contribution in [3.05, 3.63) is 28.8 Å². The Morgan fingerprint density at radius 3 is 2.59 bits per heavy atom. The van der Waals surface area contributed by atoms with Gasteiger partial charge in [0.25, 0.3) is 0 Å². The lowest BCUT2D eigenvalue weighted by atomic mass is 9.83. The summed E-state index contributed by atoms with van der Waals surface area (Å²) in [6.45, 7) is 5.49. The maximum absolute atomic E-state index is 6.21. The van der Waals surface area contributed by atoms with Gasteiger partial charge in [-0.05, 0) is 49.3 Å². The van der Waals surface area contributed by atoms with Gasteiger partial charge in [0, 0.05) is 6.54 Å². The Labute approximate surface area is 110 Å². The number of rotatable bonds is 3. The minimum absolute atomic E-state index is 0.823. The summed E-state index contributed by atoms with van der Waals surface area (Å²) in [6, 6.07) is 6.22. The second-order valence-electron chi connectivity index (χ2n) is 5.49. The monoisotopic (exact) mass is 251 g/mol. The molecule has 0 aromatic heterocycles. The fraction of sp³-hybridized carbons (Fsp3) is 0.600. The summed E-state index contributed by atoms with van der Waals surface area (Å²) < 4.78 is 0. The molecule has 1 aromatic carbocycles. The van der Waals surface area contributed by atoms with E-state index in [0.29, 0.717) is 0 Å². The highest BCUT2D eigenvalue weighted by Gasteiger charge is 2.17. The summed E-state index contributed by atoms with van der Waals surface area (Å²) in [5, 5.41) is 4.33. The third-order valence-electron chi connectivity index (χ3n) is 3.84. The zero-order valence-corrected chi connectivity index (χ0v) is 11.6. The number of benzene rings is 1. The Morgan fingerprint density at radius 1 is 1.24 bits per heavy atom. The Hall–Kier alpha value is -0.690. The van der Waals surface area contributed by atoms with E-state index in [1.165, 1.54) is 31.2 Å². The van der Waals surface area contributed by atoms with Crippen LogP contribution in [0.4, 0.5) is 5.69 Å². The molecule has 0 heterocycles. The van der Waals surface area contributed by atoms with Crippen LogP contribution in [0, 0.1) is 18.8 Å². The molecule has 0 aliphatic heterocycles. The molecule has 2 rings (SSSR count). The number of hydrogen-bond acceptors (Lipinski definition) is 1. The smallest absolute Gasteiger partial charge is 0.0640 e. The van der Waals surface area contributed by atoms with E-state index in [-0.39, 0.29) is 0 Å². The van der Waals surface area contributed by atoms with Crippen LogP contribution in [0.2, 0.25) is 5.02 Å². The highest BCUT2D eigenvalue weighted by molar-refractivity contribution is 6.33. The molecule has 1 fully saturated rings. The third-order valence-corrected chi connectivity index (χ3v) is 4.15. The van der Waals surface area contributed by atoms with Gasteiger partial charge in [0.15, 0.2) is 0 Å². The van der Waals surface area contributed by atoms with Crippen LogP contribution in [-0.4, -0.2) is 6.54 Å². The van der Waals surface area contributed by atoms with Crippen molar-refractivity contribution in [2.45, 2.75) is 39.5 Å². The van der Waals surface area contributed by atoms with Crippen LogP contribution < -0.4 is 5.32 Å². The van der Waals surface area contributed by atoms with Crippen LogP contribution in [0.5, 0.6) is 0 Å². The summed E-state index contributed by atoms with van der Waals surface area (Å²) in [5.74, 6) is 1.75. The van der Waals surface area contributed by atoms with Gasteiger partial charge in [-0.3, -0.25) is 0 Å². The Kier molecular flexibility index (Phi) is 4.33. The molecule has 1 nitrogen and oxygen atoms in total. The van der Waals surface area contributed by atoms with Gasteiger partial charge in [0.2, 0.25) is 0 Å². The van der Waals surface area contributed by atoms with E-state index in [1.54, 1.807) is 0 Å². The van der Waals surface area contributed by atoms with Crippen molar-refractivity contribution >= 4 is 17.3 Å². The van der Waals surface area contributed by atoms with Crippen molar-refractivity contribution in [3.8, 4) is 0 Å². The average molecular weight is 252 g/mol. The molecule has 0 unspecified atom stereocenters. The first kappa shape index (κ1) is 12.8. The molecule has 0 saturated heterocycles. The number of hydrogen-bond donors (Lipinski definition) is 1. The van der Waals surface area contributed by atoms with Crippen molar-refractivity contribution in [1.82, 2.24) is 0 Å². The summed E-state index contributed by atoms with van der Waals surface area (Å²) >= 11 is 6.21. The van der Waals surface area contributed by atoms with Crippen LogP contribution in [0.3, 0.4) is 0 Å². The first-order chi connectivity index (χ1) is 8.15. The molecule has 2 heteroatoms. The maximum atomic E-state index is 6.21. The molecular weight excluding hydrogens is 230 g/mol. The lowest BCUT2D eigenvalue weighted by molar-refractivity contribution is 0.300. The normalized spacial score (nSPS) is 24.6. The van der Waals surface area contributed by atoms with Gasteiger partial charge in [-0.15, -0.1) is 0 Å². The molecule has 17 heavy (non-hydrogen) atoms. The fourth-order valence-corrected chi connectivity index (χ4v) is 2.85. The number of anilines is 1. The Morgan fingerprint density at radius 2 is 1.94 bits per heavy atom. The largest absolute Gasteiger partial charge is 0.384 e. The summed E-state index contributed by atoms with van der Waals surface area (Å²) in [6.07, 6.45) is 5.48. The molecule has 1 saturated carbocycles. The number of nitrogens with one attached hydrogen (secondary N) is 1. The highest BCUT2D eigenvalue weighted by atomic mass is 35.5. The molecule has 0 spiro atoms. The Bertz CT molecular complexity index is 367. The molecule has 94 valence electrons. The molecule has 1 aromatic rings. The van der Waals surface area contributed by atoms with Gasteiger partial charge < -0.3 is 5.32 Å². The van der Waals surface area contributed by atoms with Gasteiger partial charge in [-0.25, -0.2) is 0 Å². The van der Waals surface area contributed by atoms with Crippen molar-refractivity contribution in [1.29, 1.82) is 0 Å². The van der Waals surface area contributed by atoms with Gasteiger partial charge in [-0.2, -0.15) is 0 Å². The minimum atomic E-state index is 0.823. The lowest BCUT2D eigenvalue weighted by Crippen LogP contribution is -2.20. The second-order valence-corrected chi connectivity index (χ2v) is 5.90. The highest BCUT2D eigenvalue weighted by Crippen LogP contribution is 2.29. The van der Waals surface area contributed by atoms with Crippen molar-refractivity contribution < 1.29 is 0 Å². The summed E-state index contributed by atoms with van der Waals surface area (Å²) in [5.41, 5.74) is 2.29. The minimum Gasteiger partial charge on any atom is -0.384 e. The Balaban J connectivity index is 1.85. The fourth-order valence-electron chi connectivity index (χ4n) is 2.55. The van der Waals surface area contributed by atoms with E-state index in [4.69, 9.17) is 11.6 Å². The van der Waals surface area contributed by atoms with Crippen LogP contribution in [0.1, 0.15) is 38.2 Å². The summed E-state index contributed by atoms with van der Waals surface area (Å²) in [7, 11) is 0. The molecule has 1 aliphatic rings. The molecule has 1 N–H and O–H groups in total. The first-order valence-corrected chi connectivity index (χ1v) is 7.03.